The molecule has 3 rings (SSSR count). The first kappa shape index (κ1) is 16.4. The van der Waals surface area contributed by atoms with Crippen LogP contribution in [0.4, 0.5) is 4.39 Å². The van der Waals surface area contributed by atoms with Gasteiger partial charge in [-0.05, 0) is 36.9 Å². The summed E-state index contributed by atoms with van der Waals surface area (Å²) in [6.07, 6.45) is 0. The molecular weight excluding hydrogens is 309 g/mol. The van der Waals surface area contributed by atoms with Crippen molar-refractivity contribution in [3.05, 3.63) is 59.7 Å². The average molecular weight is 329 g/mol. The molecule has 0 spiro atoms. The number of likely N-dealkylation sites (N-methyl/N-ethyl adjacent to an activating group) is 1. The Morgan fingerprint density at radius 3 is 2.62 bits per heavy atom. The zero-order chi connectivity index (χ0) is 17.1. The van der Waals surface area contributed by atoms with E-state index in [4.69, 9.17) is 4.74 Å². The molecule has 0 saturated heterocycles. The van der Waals surface area contributed by atoms with Gasteiger partial charge in [-0.2, -0.15) is 0 Å². The second-order valence-electron chi connectivity index (χ2n) is 5.71. The standard InChI is InChI=1S/C18H20FN3O2/c1-22(16(11-23)12-6-8-13(24-2)9-7-12)10-17-20-15-5-3-4-14(19)18(15)21-17/h3-9,16,23H,10-11H2,1-2H3,(H,20,21)/t16-/m0/s1. The maximum Gasteiger partial charge on any atom is 0.151 e. The Labute approximate surface area is 139 Å². The van der Waals surface area contributed by atoms with Crippen LogP contribution in [0.3, 0.4) is 0 Å². The Morgan fingerprint density at radius 2 is 2.00 bits per heavy atom. The van der Waals surface area contributed by atoms with Crippen molar-refractivity contribution in [3.63, 3.8) is 0 Å². The summed E-state index contributed by atoms with van der Waals surface area (Å²) in [6.45, 7) is 0.433. The van der Waals surface area contributed by atoms with E-state index in [9.17, 15) is 9.50 Å². The van der Waals surface area contributed by atoms with E-state index in [1.54, 1.807) is 19.2 Å². The maximum absolute atomic E-state index is 13.8. The van der Waals surface area contributed by atoms with Crippen LogP contribution in [0.25, 0.3) is 11.0 Å². The first-order valence-electron chi connectivity index (χ1n) is 7.70. The van der Waals surface area contributed by atoms with Crippen LogP contribution in [0.1, 0.15) is 17.4 Å². The molecule has 0 saturated carbocycles. The van der Waals surface area contributed by atoms with Gasteiger partial charge in [-0.3, -0.25) is 4.90 Å². The number of nitrogens with one attached hydrogen (secondary N) is 1. The molecule has 0 fully saturated rings. The highest BCUT2D eigenvalue weighted by atomic mass is 19.1. The number of halogens is 1. The minimum absolute atomic E-state index is 0.0303. The maximum atomic E-state index is 13.8. The topological polar surface area (TPSA) is 61.4 Å². The van der Waals surface area contributed by atoms with Crippen molar-refractivity contribution >= 4 is 11.0 Å². The minimum atomic E-state index is -0.341. The van der Waals surface area contributed by atoms with Gasteiger partial charge in [0, 0.05) is 0 Å². The number of para-hydroxylation sites is 1. The van der Waals surface area contributed by atoms with E-state index in [0.29, 0.717) is 23.4 Å². The first-order chi connectivity index (χ1) is 11.6. The molecule has 2 aromatic carbocycles. The number of aromatic amines is 1. The molecule has 6 heteroatoms. The number of aliphatic hydroxyl groups excluding tert-OH is 1. The molecule has 0 radical (unpaired) electrons. The van der Waals surface area contributed by atoms with E-state index in [-0.39, 0.29) is 18.5 Å². The summed E-state index contributed by atoms with van der Waals surface area (Å²) in [6, 6.07) is 12.2. The third-order valence-electron chi connectivity index (χ3n) is 4.12. The predicted molar refractivity (Wildman–Crippen MR) is 90.3 cm³/mol. The Balaban J connectivity index is 1.79. The van der Waals surface area contributed by atoms with Gasteiger partial charge in [-0.25, -0.2) is 9.37 Å². The number of hydrogen-bond donors (Lipinski definition) is 2. The normalized spacial score (nSPS) is 12.7. The quantitative estimate of drug-likeness (QED) is 0.730. The minimum Gasteiger partial charge on any atom is -0.497 e. The lowest BCUT2D eigenvalue weighted by atomic mass is 10.1. The number of imidazole rings is 1. The van der Waals surface area contributed by atoms with Crippen LogP contribution in [0.5, 0.6) is 5.75 Å². The lowest BCUT2D eigenvalue weighted by molar-refractivity contribution is 0.140. The van der Waals surface area contributed by atoms with E-state index in [1.165, 1.54) is 6.07 Å². The van der Waals surface area contributed by atoms with Crippen molar-refractivity contribution in [1.29, 1.82) is 0 Å². The summed E-state index contributed by atoms with van der Waals surface area (Å²) in [4.78, 5) is 9.41. The van der Waals surface area contributed by atoms with Crippen LogP contribution in [0, 0.1) is 5.82 Å². The smallest absolute Gasteiger partial charge is 0.151 e. The summed E-state index contributed by atoms with van der Waals surface area (Å²) in [7, 11) is 3.51. The number of ether oxygens (including phenoxy) is 1. The Bertz CT molecular complexity index is 817. The second-order valence-corrected chi connectivity index (χ2v) is 5.71. The van der Waals surface area contributed by atoms with Crippen LogP contribution >= 0.6 is 0 Å². The van der Waals surface area contributed by atoms with Gasteiger partial charge in [-0.1, -0.05) is 18.2 Å². The van der Waals surface area contributed by atoms with Gasteiger partial charge < -0.3 is 14.8 Å². The number of benzene rings is 2. The molecule has 0 aliphatic heterocycles. The van der Waals surface area contributed by atoms with Gasteiger partial charge >= 0.3 is 0 Å². The predicted octanol–water partition coefficient (Wildman–Crippen LogP) is 2.88. The summed E-state index contributed by atoms with van der Waals surface area (Å²) in [5.74, 6) is 1.09. The molecule has 1 heterocycles. The average Bonchev–Trinajstić information content (AvgIpc) is 3.00. The number of aliphatic hydroxyl groups is 1. The molecule has 126 valence electrons. The molecule has 0 aliphatic rings. The number of aromatic nitrogens is 2. The van der Waals surface area contributed by atoms with Gasteiger partial charge in [-0.15, -0.1) is 0 Å². The number of H-pyrrole nitrogens is 1. The third-order valence-corrected chi connectivity index (χ3v) is 4.12. The molecule has 3 aromatic rings. The molecule has 24 heavy (non-hydrogen) atoms. The lowest BCUT2D eigenvalue weighted by Gasteiger charge is -2.26. The van der Waals surface area contributed by atoms with Crippen molar-refractivity contribution < 1.29 is 14.2 Å². The Kier molecular flexibility index (Phi) is 4.78. The first-order valence-corrected chi connectivity index (χ1v) is 7.70. The van der Waals surface area contributed by atoms with Crippen LogP contribution in [-0.2, 0) is 6.54 Å². The van der Waals surface area contributed by atoms with Gasteiger partial charge in [0.1, 0.15) is 17.1 Å². The zero-order valence-corrected chi connectivity index (χ0v) is 13.7. The SMILES string of the molecule is COc1ccc([C@H](CO)N(C)Cc2nc3c(F)cccc3[nH]2)cc1. The summed E-state index contributed by atoms with van der Waals surface area (Å²) < 4.78 is 18.9. The number of methoxy groups -OCH3 is 1. The molecule has 0 bridgehead atoms. The molecule has 0 unspecified atom stereocenters. The van der Waals surface area contributed by atoms with Crippen molar-refractivity contribution in [2.24, 2.45) is 0 Å². The van der Waals surface area contributed by atoms with E-state index in [1.807, 2.05) is 36.2 Å². The van der Waals surface area contributed by atoms with Gasteiger partial charge in [0.15, 0.2) is 5.82 Å². The molecule has 0 amide bonds. The Hall–Kier alpha value is -2.44. The number of nitrogens with zero attached hydrogens (tertiary/aromatic N) is 2. The van der Waals surface area contributed by atoms with Gasteiger partial charge in [0.2, 0.25) is 0 Å². The van der Waals surface area contributed by atoms with Crippen LogP contribution in [0.2, 0.25) is 0 Å². The number of hydrogen-bond acceptors (Lipinski definition) is 4. The van der Waals surface area contributed by atoms with Crippen molar-refractivity contribution in [2.75, 3.05) is 20.8 Å². The highest BCUT2D eigenvalue weighted by Crippen LogP contribution is 2.23. The van der Waals surface area contributed by atoms with Crippen molar-refractivity contribution in [1.82, 2.24) is 14.9 Å². The Morgan fingerprint density at radius 1 is 1.25 bits per heavy atom. The molecule has 5 nitrogen and oxygen atoms in total. The molecule has 0 aliphatic carbocycles. The second kappa shape index (κ2) is 6.98. The number of fused-ring (bicyclic) bond motifs is 1. The summed E-state index contributed by atoms with van der Waals surface area (Å²) in [5.41, 5.74) is 1.98. The molecule has 2 N–H and O–H groups in total. The van der Waals surface area contributed by atoms with Crippen LogP contribution in [-0.4, -0.2) is 40.7 Å². The summed E-state index contributed by atoms with van der Waals surface area (Å²) in [5, 5.41) is 9.77. The fraction of sp³-hybridized carbons (Fsp3) is 0.278. The van der Waals surface area contributed by atoms with Crippen molar-refractivity contribution in [2.45, 2.75) is 12.6 Å². The fourth-order valence-electron chi connectivity index (χ4n) is 2.79. The highest BCUT2D eigenvalue weighted by Gasteiger charge is 2.18. The zero-order valence-electron chi connectivity index (χ0n) is 13.7. The largest absolute Gasteiger partial charge is 0.497 e. The third kappa shape index (κ3) is 3.25. The number of rotatable bonds is 6. The van der Waals surface area contributed by atoms with Crippen molar-refractivity contribution in [3.8, 4) is 5.75 Å². The lowest BCUT2D eigenvalue weighted by Crippen LogP contribution is -2.27. The molecule has 1 aromatic heterocycles. The van der Waals surface area contributed by atoms with Gasteiger partial charge in [0.05, 0.1) is 31.8 Å². The monoisotopic (exact) mass is 329 g/mol. The highest BCUT2D eigenvalue weighted by molar-refractivity contribution is 5.75. The van der Waals surface area contributed by atoms with E-state index >= 15 is 0 Å². The molecular formula is C18H20FN3O2. The molecule has 1 atom stereocenters. The van der Waals surface area contributed by atoms with E-state index in [2.05, 4.69) is 9.97 Å². The van der Waals surface area contributed by atoms with Crippen LogP contribution < -0.4 is 4.74 Å². The van der Waals surface area contributed by atoms with E-state index in [0.717, 1.165) is 11.3 Å². The summed E-state index contributed by atoms with van der Waals surface area (Å²) >= 11 is 0. The van der Waals surface area contributed by atoms with Gasteiger partial charge in [0.25, 0.3) is 0 Å². The fourth-order valence-corrected chi connectivity index (χ4v) is 2.79. The van der Waals surface area contributed by atoms with E-state index < -0.39 is 0 Å². The van der Waals surface area contributed by atoms with Crippen LogP contribution in [0.15, 0.2) is 42.5 Å².